The van der Waals surface area contributed by atoms with Gasteiger partial charge in [-0.2, -0.15) is 15.0 Å². The summed E-state index contributed by atoms with van der Waals surface area (Å²) in [5, 5.41) is 11.3. The Kier molecular flexibility index (Phi) is 5.26. The van der Waals surface area contributed by atoms with Crippen molar-refractivity contribution >= 4 is 29.1 Å². The van der Waals surface area contributed by atoms with Gasteiger partial charge in [-0.25, -0.2) is 4.39 Å². The van der Waals surface area contributed by atoms with Gasteiger partial charge in [0.2, 0.25) is 11.8 Å². The fourth-order valence-electron chi connectivity index (χ4n) is 3.21. The van der Waals surface area contributed by atoms with Crippen LogP contribution in [-0.2, 0) is 16.0 Å². The third kappa shape index (κ3) is 4.27. The molecule has 1 aliphatic heterocycles. The minimum atomic E-state index is -0.592. The molecule has 2 amide bonds. The molecule has 3 aromatic rings. The zero-order valence-corrected chi connectivity index (χ0v) is 16.0. The second-order valence-electron chi connectivity index (χ2n) is 6.71. The molecular formula is C20H17ClFN5O2. The normalized spacial score (nSPS) is 16.3. The van der Waals surface area contributed by atoms with E-state index in [-0.39, 0.29) is 42.3 Å². The van der Waals surface area contributed by atoms with Crippen LogP contribution < -0.4 is 10.2 Å². The van der Waals surface area contributed by atoms with E-state index in [2.05, 4.69) is 15.5 Å². The molecule has 1 unspecified atom stereocenters. The summed E-state index contributed by atoms with van der Waals surface area (Å²) in [6.45, 7) is 0.266. The standard InChI is InChI=1S/C20H17ClFN5O2/c21-17-7-6-16(10-18(17)22)26-12-14(9-20(26)29)24-19(28)8-13-11-23-27(25-13)15-4-2-1-3-5-15/h1-7,10-11,14H,8-9,12H2,(H,24,28). The lowest BCUT2D eigenvalue weighted by atomic mass is 10.2. The summed E-state index contributed by atoms with van der Waals surface area (Å²) in [5.74, 6) is -1.04. The maximum absolute atomic E-state index is 13.7. The largest absolute Gasteiger partial charge is 0.351 e. The molecule has 1 N–H and O–H groups in total. The number of benzene rings is 2. The number of hydrogen-bond acceptors (Lipinski definition) is 4. The van der Waals surface area contributed by atoms with Crippen molar-refractivity contribution in [1.29, 1.82) is 0 Å². The van der Waals surface area contributed by atoms with Crippen LogP contribution in [0.15, 0.2) is 54.7 Å². The number of hydrogen-bond donors (Lipinski definition) is 1. The summed E-state index contributed by atoms with van der Waals surface area (Å²) >= 11 is 5.69. The lowest BCUT2D eigenvalue weighted by Crippen LogP contribution is -2.38. The lowest BCUT2D eigenvalue weighted by molar-refractivity contribution is -0.121. The molecule has 0 saturated carbocycles. The molecule has 0 aliphatic carbocycles. The van der Waals surface area contributed by atoms with Gasteiger partial charge in [0.05, 0.1) is 35.1 Å². The third-order valence-corrected chi connectivity index (χ3v) is 4.88. The van der Waals surface area contributed by atoms with Gasteiger partial charge in [-0.1, -0.05) is 29.8 Å². The molecule has 1 saturated heterocycles. The number of carbonyl (C=O) groups is 2. The molecule has 148 valence electrons. The van der Waals surface area contributed by atoms with E-state index >= 15 is 0 Å². The molecule has 0 spiro atoms. The second-order valence-corrected chi connectivity index (χ2v) is 7.12. The van der Waals surface area contributed by atoms with Gasteiger partial charge < -0.3 is 10.2 Å². The van der Waals surface area contributed by atoms with Gasteiger partial charge in [0.15, 0.2) is 0 Å². The van der Waals surface area contributed by atoms with E-state index in [0.717, 1.165) is 5.69 Å². The minimum absolute atomic E-state index is 0.00574. The van der Waals surface area contributed by atoms with Gasteiger partial charge in [-0.3, -0.25) is 9.59 Å². The predicted molar refractivity (Wildman–Crippen MR) is 105 cm³/mol. The molecule has 1 aromatic heterocycles. The first-order valence-corrected chi connectivity index (χ1v) is 9.39. The Morgan fingerprint density at radius 1 is 1.21 bits per heavy atom. The molecule has 0 radical (unpaired) electrons. The van der Waals surface area contributed by atoms with Gasteiger partial charge in [0.1, 0.15) is 5.82 Å². The maximum atomic E-state index is 13.7. The molecule has 9 heteroatoms. The number of aromatic nitrogens is 3. The highest BCUT2D eigenvalue weighted by Gasteiger charge is 2.32. The van der Waals surface area contributed by atoms with Crippen LogP contribution in [0.2, 0.25) is 5.02 Å². The smallest absolute Gasteiger partial charge is 0.229 e. The molecule has 1 aliphatic rings. The van der Waals surface area contributed by atoms with E-state index in [1.165, 1.54) is 28.0 Å². The number of nitrogens with one attached hydrogen (secondary N) is 1. The highest BCUT2D eigenvalue weighted by atomic mass is 35.5. The highest BCUT2D eigenvalue weighted by molar-refractivity contribution is 6.30. The number of halogens is 2. The lowest BCUT2D eigenvalue weighted by Gasteiger charge is -2.17. The SMILES string of the molecule is O=C(Cc1cnn(-c2ccccc2)n1)NC1CC(=O)N(c2ccc(Cl)c(F)c2)C1. The van der Waals surface area contributed by atoms with Crippen molar-refractivity contribution in [2.45, 2.75) is 18.9 Å². The molecule has 7 nitrogen and oxygen atoms in total. The Balaban J connectivity index is 1.36. The van der Waals surface area contributed by atoms with Crippen molar-refractivity contribution in [1.82, 2.24) is 20.3 Å². The molecule has 4 rings (SSSR count). The fraction of sp³-hybridized carbons (Fsp3) is 0.200. The first-order chi connectivity index (χ1) is 14.0. The molecule has 0 bridgehead atoms. The zero-order valence-electron chi connectivity index (χ0n) is 15.3. The van der Waals surface area contributed by atoms with Crippen molar-refractivity contribution in [2.24, 2.45) is 0 Å². The summed E-state index contributed by atoms with van der Waals surface area (Å²) in [5.41, 5.74) is 1.73. The number of rotatable bonds is 5. The quantitative estimate of drug-likeness (QED) is 0.697. The Labute approximate surface area is 171 Å². The first kappa shape index (κ1) is 19.1. The first-order valence-electron chi connectivity index (χ1n) is 9.01. The van der Waals surface area contributed by atoms with Crippen LogP contribution in [0.25, 0.3) is 5.69 Å². The van der Waals surface area contributed by atoms with Gasteiger partial charge in [-0.15, -0.1) is 0 Å². The number of anilines is 1. The van der Waals surface area contributed by atoms with Crippen LogP contribution in [0, 0.1) is 5.82 Å². The summed E-state index contributed by atoms with van der Waals surface area (Å²) in [4.78, 5) is 27.5. The second kappa shape index (κ2) is 8.00. The van der Waals surface area contributed by atoms with Crippen LogP contribution in [0.4, 0.5) is 10.1 Å². The van der Waals surface area contributed by atoms with Gasteiger partial charge >= 0.3 is 0 Å². The predicted octanol–water partition coefficient (Wildman–Crippen LogP) is 2.52. The summed E-state index contributed by atoms with van der Waals surface area (Å²) < 4.78 is 13.7. The third-order valence-electron chi connectivity index (χ3n) is 4.57. The topological polar surface area (TPSA) is 80.1 Å². The summed E-state index contributed by atoms with van der Waals surface area (Å²) in [6.07, 6.45) is 1.73. The summed E-state index contributed by atoms with van der Waals surface area (Å²) in [7, 11) is 0. The van der Waals surface area contributed by atoms with E-state index in [9.17, 15) is 14.0 Å². The molecule has 1 fully saturated rings. The van der Waals surface area contributed by atoms with Crippen LogP contribution in [-0.4, -0.2) is 39.4 Å². The van der Waals surface area contributed by atoms with Crippen molar-refractivity contribution in [3.8, 4) is 5.69 Å². The molecule has 2 aromatic carbocycles. The molecule has 1 atom stereocenters. The Bertz CT molecular complexity index is 1060. The van der Waals surface area contributed by atoms with Gasteiger partial charge in [0.25, 0.3) is 0 Å². The van der Waals surface area contributed by atoms with E-state index in [1.54, 1.807) is 6.07 Å². The molecular weight excluding hydrogens is 397 g/mol. The monoisotopic (exact) mass is 413 g/mol. The van der Waals surface area contributed by atoms with Crippen LogP contribution >= 0.6 is 11.6 Å². The van der Waals surface area contributed by atoms with Crippen molar-refractivity contribution in [3.63, 3.8) is 0 Å². The van der Waals surface area contributed by atoms with Crippen LogP contribution in [0.5, 0.6) is 0 Å². The average Bonchev–Trinajstić information content (AvgIpc) is 3.31. The number of amides is 2. The van der Waals surface area contributed by atoms with Crippen molar-refractivity contribution in [3.05, 3.63) is 71.3 Å². The van der Waals surface area contributed by atoms with Crippen molar-refractivity contribution in [2.75, 3.05) is 11.4 Å². The van der Waals surface area contributed by atoms with E-state index < -0.39 is 5.82 Å². The number of para-hydroxylation sites is 1. The average molecular weight is 414 g/mol. The molecule has 29 heavy (non-hydrogen) atoms. The Morgan fingerprint density at radius 2 is 2.00 bits per heavy atom. The van der Waals surface area contributed by atoms with Crippen LogP contribution in [0.1, 0.15) is 12.1 Å². The fourth-order valence-corrected chi connectivity index (χ4v) is 3.33. The van der Waals surface area contributed by atoms with E-state index in [4.69, 9.17) is 11.6 Å². The Hall–Kier alpha value is -3.26. The maximum Gasteiger partial charge on any atom is 0.229 e. The van der Waals surface area contributed by atoms with Crippen molar-refractivity contribution < 1.29 is 14.0 Å². The van der Waals surface area contributed by atoms with E-state index in [0.29, 0.717) is 11.4 Å². The zero-order chi connectivity index (χ0) is 20.4. The van der Waals surface area contributed by atoms with Gasteiger partial charge in [-0.05, 0) is 30.3 Å². The number of carbonyl (C=O) groups excluding carboxylic acids is 2. The highest BCUT2D eigenvalue weighted by Crippen LogP contribution is 2.25. The summed E-state index contributed by atoms with van der Waals surface area (Å²) in [6, 6.07) is 13.2. The minimum Gasteiger partial charge on any atom is -0.351 e. The number of nitrogens with zero attached hydrogens (tertiary/aromatic N) is 4. The molecule has 2 heterocycles. The van der Waals surface area contributed by atoms with Gasteiger partial charge in [0, 0.05) is 18.7 Å². The van der Waals surface area contributed by atoms with Crippen LogP contribution in [0.3, 0.4) is 0 Å². The van der Waals surface area contributed by atoms with E-state index in [1.807, 2.05) is 30.3 Å². The Morgan fingerprint density at radius 3 is 2.76 bits per heavy atom.